The molecule has 0 bridgehead atoms. The topological polar surface area (TPSA) is 66.9 Å². The molecular weight excluding hydrogens is 448 g/mol. The van der Waals surface area contributed by atoms with E-state index in [4.69, 9.17) is 16.3 Å². The molecule has 0 aromatic heterocycles. The van der Waals surface area contributed by atoms with Crippen molar-refractivity contribution in [2.75, 3.05) is 30.5 Å². The molecule has 0 aliphatic carbocycles. The van der Waals surface area contributed by atoms with Gasteiger partial charge < -0.3 is 9.64 Å². The van der Waals surface area contributed by atoms with Crippen LogP contribution in [0.5, 0.6) is 0 Å². The number of rotatable bonds is 9. The van der Waals surface area contributed by atoms with Crippen LogP contribution in [-0.4, -0.2) is 51.6 Å². The van der Waals surface area contributed by atoms with Gasteiger partial charge in [-0.15, -0.1) is 6.58 Å². The van der Waals surface area contributed by atoms with E-state index in [0.29, 0.717) is 36.0 Å². The van der Waals surface area contributed by atoms with Crippen molar-refractivity contribution in [3.05, 3.63) is 71.8 Å². The number of ether oxygens (including phenoxy) is 1. The highest BCUT2D eigenvalue weighted by Crippen LogP contribution is 2.30. The third-order valence-corrected chi connectivity index (χ3v) is 7.40. The van der Waals surface area contributed by atoms with E-state index >= 15 is 0 Å². The molecular formula is C24H29ClN2O4S. The van der Waals surface area contributed by atoms with Crippen LogP contribution in [0.25, 0.3) is 0 Å². The number of hydrogen-bond donors (Lipinski definition) is 0. The highest BCUT2D eigenvalue weighted by molar-refractivity contribution is 7.92. The van der Waals surface area contributed by atoms with Crippen molar-refractivity contribution >= 4 is 33.2 Å². The summed E-state index contributed by atoms with van der Waals surface area (Å²) in [5, 5.41) is 0.316. The molecule has 1 heterocycles. The molecule has 1 aliphatic rings. The number of carbonyl (C=O) groups excluding carboxylic acids is 1. The molecule has 1 atom stereocenters. The number of hydrogen-bond acceptors (Lipinski definition) is 4. The summed E-state index contributed by atoms with van der Waals surface area (Å²) in [6, 6.07) is 12.9. The molecule has 1 fully saturated rings. The quantitative estimate of drug-likeness (QED) is 0.490. The Kier molecular flexibility index (Phi) is 8.34. The number of amides is 1. The van der Waals surface area contributed by atoms with Gasteiger partial charge in [-0.2, -0.15) is 0 Å². The highest BCUT2D eigenvalue weighted by atomic mass is 35.5. The Hall–Kier alpha value is -2.35. The summed E-state index contributed by atoms with van der Waals surface area (Å²) >= 11 is 6.27. The molecule has 1 aliphatic heterocycles. The first-order valence-corrected chi connectivity index (χ1v) is 12.6. The Labute approximate surface area is 195 Å². The molecule has 2 aromatic carbocycles. The lowest BCUT2D eigenvalue weighted by molar-refractivity contribution is 0.00210. The van der Waals surface area contributed by atoms with E-state index in [1.807, 2.05) is 0 Å². The lowest BCUT2D eigenvalue weighted by atomic mass is 10.1. The standard InChI is InChI=1S/C24H29ClN2O4S/c1-3-14-27(23-13-6-5-12-22(23)25)32(29,30)21-11-7-9-19(17-21)24(28)26-15-8-10-20(18-26)31-16-4-2/h3,5-7,9,11-13,17,20H,1,4,8,10,14-16,18H2,2H3. The first kappa shape index (κ1) is 24.3. The summed E-state index contributed by atoms with van der Waals surface area (Å²) in [6.45, 7) is 7.59. The first-order valence-electron chi connectivity index (χ1n) is 10.8. The number of benzene rings is 2. The predicted octanol–water partition coefficient (Wildman–Crippen LogP) is 4.75. The van der Waals surface area contributed by atoms with E-state index in [0.717, 1.165) is 19.3 Å². The minimum atomic E-state index is -3.97. The van der Waals surface area contributed by atoms with Gasteiger partial charge in [-0.3, -0.25) is 9.10 Å². The van der Waals surface area contributed by atoms with E-state index in [1.54, 1.807) is 41.3 Å². The molecule has 1 unspecified atom stereocenters. The fourth-order valence-electron chi connectivity index (χ4n) is 3.74. The maximum absolute atomic E-state index is 13.5. The van der Waals surface area contributed by atoms with Crippen molar-refractivity contribution in [3.63, 3.8) is 0 Å². The van der Waals surface area contributed by atoms with Crippen LogP contribution in [0.4, 0.5) is 5.69 Å². The average molecular weight is 477 g/mol. The van der Waals surface area contributed by atoms with E-state index in [9.17, 15) is 13.2 Å². The van der Waals surface area contributed by atoms with Gasteiger partial charge in [0.05, 0.1) is 28.3 Å². The molecule has 0 radical (unpaired) electrons. The van der Waals surface area contributed by atoms with Gasteiger partial charge in [-0.1, -0.05) is 42.8 Å². The normalized spacial score (nSPS) is 16.6. The van der Waals surface area contributed by atoms with E-state index in [-0.39, 0.29) is 23.5 Å². The fourth-order valence-corrected chi connectivity index (χ4v) is 5.53. The molecule has 0 spiro atoms. The molecule has 6 nitrogen and oxygen atoms in total. The Balaban J connectivity index is 1.87. The van der Waals surface area contributed by atoms with Crippen molar-refractivity contribution in [1.82, 2.24) is 4.90 Å². The second kappa shape index (κ2) is 11.0. The van der Waals surface area contributed by atoms with Gasteiger partial charge in [-0.25, -0.2) is 8.42 Å². The lowest BCUT2D eigenvalue weighted by Gasteiger charge is -2.33. The van der Waals surface area contributed by atoms with Crippen LogP contribution in [0.1, 0.15) is 36.5 Å². The van der Waals surface area contributed by atoms with Gasteiger partial charge in [0.1, 0.15) is 0 Å². The monoisotopic (exact) mass is 476 g/mol. The maximum atomic E-state index is 13.5. The van der Waals surface area contributed by atoms with Crippen LogP contribution in [-0.2, 0) is 14.8 Å². The number of nitrogens with zero attached hydrogens (tertiary/aromatic N) is 2. The van der Waals surface area contributed by atoms with E-state index < -0.39 is 10.0 Å². The van der Waals surface area contributed by atoms with Gasteiger partial charge in [0.2, 0.25) is 0 Å². The minimum absolute atomic E-state index is 0.0165. The Bertz CT molecular complexity index is 1060. The van der Waals surface area contributed by atoms with Crippen molar-refractivity contribution in [1.29, 1.82) is 0 Å². The molecule has 1 amide bonds. The summed E-state index contributed by atoms with van der Waals surface area (Å²) in [5.74, 6) is -0.195. The highest BCUT2D eigenvalue weighted by Gasteiger charge is 2.28. The first-order chi connectivity index (χ1) is 15.4. The third kappa shape index (κ3) is 5.52. The molecule has 1 saturated heterocycles. The van der Waals surface area contributed by atoms with Crippen LogP contribution >= 0.6 is 11.6 Å². The summed E-state index contributed by atoms with van der Waals surface area (Å²) in [4.78, 5) is 14.9. The minimum Gasteiger partial charge on any atom is -0.376 e. The van der Waals surface area contributed by atoms with Crippen molar-refractivity contribution in [2.45, 2.75) is 37.2 Å². The van der Waals surface area contributed by atoms with Crippen molar-refractivity contribution in [2.24, 2.45) is 0 Å². The lowest BCUT2D eigenvalue weighted by Crippen LogP contribution is -2.43. The van der Waals surface area contributed by atoms with Gasteiger partial charge in [0.25, 0.3) is 15.9 Å². The Morgan fingerprint density at radius 3 is 2.78 bits per heavy atom. The van der Waals surface area contributed by atoms with Crippen LogP contribution in [0.3, 0.4) is 0 Å². The predicted molar refractivity (Wildman–Crippen MR) is 128 cm³/mol. The van der Waals surface area contributed by atoms with Crippen LogP contribution in [0.2, 0.25) is 5.02 Å². The summed E-state index contributed by atoms with van der Waals surface area (Å²) in [6.07, 6.45) is 4.23. The van der Waals surface area contributed by atoms with Gasteiger partial charge in [0, 0.05) is 25.3 Å². The maximum Gasteiger partial charge on any atom is 0.264 e. The van der Waals surface area contributed by atoms with Crippen LogP contribution in [0, 0.1) is 0 Å². The van der Waals surface area contributed by atoms with E-state index in [1.165, 1.54) is 22.5 Å². The molecule has 32 heavy (non-hydrogen) atoms. The molecule has 0 N–H and O–H groups in total. The number of para-hydroxylation sites is 1. The summed E-state index contributed by atoms with van der Waals surface area (Å²) < 4.78 is 34.0. The zero-order valence-electron chi connectivity index (χ0n) is 18.2. The van der Waals surface area contributed by atoms with Crippen LogP contribution < -0.4 is 4.31 Å². The average Bonchev–Trinajstić information content (AvgIpc) is 2.81. The third-order valence-electron chi connectivity index (χ3n) is 5.31. The SMILES string of the molecule is C=CCN(c1ccccc1Cl)S(=O)(=O)c1cccc(C(=O)N2CCCC(OCCC)C2)c1. The second-order valence-electron chi connectivity index (χ2n) is 7.69. The second-order valence-corrected chi connectivity index (χ2v) is 9.96. The zero-order chi connectivity index (χ0) is 23.1. The van der Waals surface area contributed by atoms with Crippen molar-refractivity contribution < 1.29 is 17.9 Å². The number of sulfonamides is 1. The molecule has 3 rings (SSSR count). The number of anilines is 1. The van der Waals surface area contributed by atoms with E-state index in [2.05, 4.69) is 13.5 Å². The molecule has 8 heteroatoms. The number of piperidine rings is 1. The fraction of sp³-hybridized carbons (Fsp3) is 0.375. The molecule has 172 valence electrons. The largest absolute Gasteiger partial charge is 0.376 e. The Morgan fingerprint density at radius 2 is 2.06 bits per heavy atom. The zero-order valence-corrected chi connectivity index (χ0v) is 19.8. The van der Waals surface area contributed by atoms with Gasteiger partial charge in [-0.05, 0) is 49.6 Å². The van der Waals surface area contributed by atoms with Gasteiger partial charge >= 0.3 is 0 Å². The number of likely N-dealkylation sites (tertiary alicyclic amines) is 1. The Morgan fingerprint density at radius 1 is 1.28 bits per heavy atom. The van der Waals surface area contributed by atoms with Crippen LogP contribution in [0.15, 0.2) is 66.1 Å². The smallest absolute Gasteiger partial charge is 0.264 e. The molecule has 2 aromatic rings. The number of halogens is 1. The van der Waals surface area contributed by atoms with Gasteiger partial charge in [0.15, 0.2) is 0 Å². The number of carbonyl (C=O) groups is 1. The molecule has 0 saturated carbocycles. The summed E-state index contributed by atoms with van der Waals surface area (Å²) in [5.41, 5.74) is 0.692. The summed E-state index contributed by atoms with van der Waals surface area (Å²) in [7, 11) is -3.97. The van der Waals surface area contributed by atoms with Crippen molar-refractivity contribution in [3.8, 4) is 0 Å².